The predicted octanol–water partition coefficient (Wildman–Crippen LogP) is 1.14. The summed E-state index contributed by atoms with van der Waals surface area (Å²) in [6, 6.07) is 3.68. The normalized spacial score (nSPS) is 42.1. The summed E-state index contributed by atoms with van der Waals surface area (Å²) in [6.45, 7) is 1.68. The molecule has 3 aliphatic carbocycles. The molecule has 0 aromatic heterocycles. The zero-order chi connectivity index (χ0) is 16.3. The second-order valence-electron chi connectivity index (χ2n) is 8.40. The molecule has 2 saturated carbocycles. The minimum Gasteiger partial charge on any atom is -0.504 e. The van der Waals surface area contributed by atoms with Gasteiger partial charge >= 0.3 is 0 Å². The molecule has 5 aliphatic rings. The molecule has 5 nitrogen and oxygen atoms in total. The molecule has 1 unspecified atom stereocenters. The van der Waals surface area contributed by atoms with Crippen LogP contribution in [0, 0.1) is 5.92 Å². The lowest BCUT2D eigenvalue weighted by Crippen LogP contribution is -2.66. The van der Waals surface area contributed by atoms with Crippen molar-refractivity contribution in [2.24, 2.45) is 5.92 Å². The second-order valence-corrected chi connectivity index (χ2v) is 8.40. The first kappa shape index (κ1) is 13.7. The van der Waals surface area contributed by atoms with Crippen LogP contribution in [0.25, 0.3) is 0 Å². The Morgan fingerprint density at radius 1 is 1.33 bits per heavy atom. The molecular weight excluding hydrogens is 306 g/mol. The monoisotopic (exact) mass is 327 g/mol. The summed E-state index contributed by atoms with van der Waals surface area (Å²) in [4.78, 5) is 15.1. The number of Topliss-reactive ketones (excluding diaryl/α,β-unsaturated/α-hetero) is 1. The molecule has 2 bridgehead atoms. The zero-order valence-electron chi connectivity index (χ0n) is 13.5. The van der Waals surface area contributed by atoms with Crippen LogP contribution in [0.5, 0.6) is 11.5 Å². The SMILES string of the molecule is O=C1CC[C@@]2(O)[C@H]3Cc4ccc(O)c5c4C2(CN3CC2CC2)[C@H]1O5. The van der Waals surface area contributed by atoms with E-state index in [0.717, 1.165) is 30.0 Å². The predicted molar refractivity (Wildman–Crippen MR) is 85.2 cm³/mol. The van der Waals surface area contributed by atoms with E-state index < -0.39 is 17.1 Å². The fourth-order valence-corrected chi connectivity index (χ4v) is 6.02. The van der Waals surface area contributed by atoms with E-state index in [0.29, 0.717) is 25.1 Å². The van der Waals surface area contributed by atoms with E-state index in [-0.39, 0.29) is 17.6 Å². The van der Waals surface area contributed by atoms with E-state index >= 15 is 0 Å². The number of ketones is 1. The van der Waals surface area contributed by atoms with E-state index in [1.165, 1.54) is 12.8 Å². The zero-order valence-corrected chi connectivity index (χ0v) is 13.5. The number of nitrogens with zero attached hydrogens (tertiary/aromatic N) is 1. The molecule has 2 heterocycles. The first-order valence-electron chi connectivity index (χ1n) is 9.06. The van der Waals surface area contributed by atoms with Crippen molar-refractivity contribution in [2.45, 2.75) is 55.3 Å². The highest BCUT2D eigenvalue weighted by Gasteiger charge is 2.75. The van der Waals surface area contributed by atoms with Crippen molar-refractivity contribution >= 4 is 5.78 Å². The first-order chi connectivity index (χ1) is 11.5. The highest BCUT2D eigenvalue weighted by Crippen LogP contribution is 2.65. The molecule has 0 radical (unpaired) electrons. The molecule has 6 rings (SSSR count). The Bertz CT molecular complexity index is 788. The fourth-order valence-electron chi connectivity index (χ4n) is 6.02. The third kappa shape index (κ3) is 1.32. The number of phenols is 1. The van der Waals surface area contributed by atoms with E-state index in [9.17, 15) is 15.0 Å². The van der Waals surface area contributed by atoms with Gasteiger partial charge in [0.2, 0.25) is 0 Å². The van der Waals surface area contributed by atoms with Crippen molar-refractivity contribution in [3.8, 4) is 11.5 Å². The van der Waals surface area contributed by atoms with Crippen LogP contribution in [0.2, 0.25) is 0 Å². The van der Waals surface area contributed by atoms with Gasteiger partial charge in [-0.2, -0.15) is 0 Å². The van der Waals surface area contributed by atoms with Gasteiger partial charge in [0.05, 0.1) is 11.0 Å². The quantitative estimate of drug-likeness (QED) is 0.852. The number of ether oxygens (including phenoxy) is 1. The van der Waals surface area contributed by atoms with Crippen molar-refractivity contribution in [1.29, 1.82) is 0 Å². The number of hydrogen-bond acceptors (Lipinski definition) is 5. The van der Waals surface area contributed by atoms with Gasteiger partial charge in [-0.1, -0.05) is 6.07 Å². The van der Waals surface area contributed by atoms with Gasteiger partial charge in [-0.05, 0) is 43.2 Å². The summed E-state index contributed by atoms with van der Waals surface area (Å²) >= 11 is 0. The molecule has 1 saturated heterocycles. The maximum Gasteiger partial charge on any atom is 0.174 e. The standard InChI is InChI=1S/C19H21NO4/c21-12-4-3-11-7-14-19(23)6-5-13(22)17-18(19,15(11)16(12)24-17)9-20(14)8-10-1-2-10/h3-4,10,14,17,21,23H,1-2,5-9H2/t14-,17+,18?,19-/m1/s1. The van der Waals surface area contributed by atoms with Crippen LogP contribution >= 0.6 is 0 Å². The number of likely N-dealkylation sites (tertiary alicyclic amines) is 1. The van der Waals surface area contributed by atoms with Crippen molar-refractivity contribution < 1.29 is 19.7 Å². The van der Waals surface area contributed by atoms with Gasteiger partial charge in [0, 0.05) is 31.1 Å². The van der Waals surface area contributed by atoms with Gasteiger partial charge < -0.3 is 14.9 Å². The topological polar surface area (TPSA) is 70.0 Å². The van der Waals surface area contributed by atoms with Crippen LogP contribution in [-0.4, -0.2) is 51.7 Å². The van der Waals surface area contributed by atoms with Crippen LogP contribution in [-0.2, 0) is 16.6 Å². The number of carbonyl (C=O) groups excluding carboxylic acids is 1. The number of carbonyl (C=O) groups is 1. The summed E-state index contributed by atoms with van der Waals surface area (Å²) in [5, 5.41) is 22.1. The van der Waals surface area contributed by atoms with E-state index in [4.69, 9.17) is 4.74 Å². The molecule has 0 amide bonds. The highest BCUT2D eigenvalue weighted by molar-refractivity contribution is 5.90. The van der Waals surface area contributed by atoms with Gasteiger partial charge in [0.15, 0.2) is 23.4 Å². The molecular formula is C19H21NO4. The van der Waals surface area contributed by atoms with E-state index in [1.807, 2.05) is 6.07 Å². The van der Waals surface area contributed by atoms with Gasteiger partial charge in [-0.3, -0.25) is 9.69 Å². The van der Waals surface area contributed by atoms with Gasteiger partial charge in [-0.15, -0.1) is 0 Å². The molecule has 3 fully saturated rings. The Labute approximate surface area is 140 Å². The van der Waals surface area contributed by atoms with Crippen molar-refractivity contribution in [3.63, 3.8) is 0 Å². The Morgan fingerprint density at radius 3 is 2.96 bits per heavy atom. The molecule has 1 aromatic rings. The lowest BCUT2D eigenvalue weighted by Gasteiger charge is -2.50. The lowest BCUT2D eigenvalue weighted by molar-refractivity contribution is -0.147. The summed E-state index contributed by atoms with van der Waals surface area (Å²) in [5.41, 5.74) is 0.432. The number of aliphatic hydroxyl groups is 1. The number of phenolic OH excluding ortho intramolecular Hbond substituents is 1. The van der Waals surface area contributed by atoms with E-state index in [1.54, 1.807) is 6.07 Å². The largest absolute Gasteiger partial charge is 0.504 e. The molecule has 126 valence electrons. The maximum absolute atomic E-state index is 12.7. The Balaban J connectivity index is 1.61. The molecule has 1 aromatic carbocycles. The highest BCUT2D eigenvalue weighted by atomic mass is 16.5. The van der Waals surface area contributed by atoms with Crippen LogP contribution in [0.4, 0.5) is 0 Å². The molecule has 2 aliphatic heterocycles. The van der Waals surface area contributed by atoms with Crippen LogP contribution in [0.3, 0.4) is 0 Å². The van der Waals surface area contributed by atoms with Crippen LogP contribution < -0.4 is 4.74 Å². The molecule has 2 N–H and O–H groups in total. The summed E-state index contributed by atoms with van der Waals surface area (Å²) < 4.78 is 6.01. The van der Waals surface area contributed by atoms with Crippen LogP contribution in [0.1, 0.15) is 36.8 Å². The first-order valence-corrected chi connectivity index (χ1v) is 9.06. The third-order valence-corrected chi connectivity index (χ3v) is 7.22. The number of rotatable bonds is 2. The van der Waals surface area contributed by atoms with E-state index in [2.05, 4.69) is 4.90 Å². The van der Waals surface area contributed by atoms with Crippen molar-refractivity contribution in [1.82, 2.24) is 4.90 Å². The smallest absolute Gasteiger partial charge is 0.174 e. The number of aromatic hydroxyl groups is 1. The van der Waals surface area contributed by atoms with Gasteiger partial charge in [0.25, 0.3) is 0 Å². The maximum atomic E-state index is 12.7. The lowest BCUT2D eigenvalue weighted by atomic mass is 9.54. The Hall–Kier alpha value is -1.59. The Kier molecular flexibility index (Phi) is 2.26. The van der Waals surface area contributed by atoms with Crippen LogP contribution in [0.15, 0.2) is 12.1 Å². The molecule has 1 spiro atoms. The van der Waals surface area contributed by atoms with Gasteiger partial charge in [0.1, 0.15) is 0 Å². The molecule has 5 heteroatoms. The summed E-state index contributed by atoms with van der Waals surface area (Å²) in [5.74, 6) is 1.33. The molecule has 4 atom stereocenters. The summed E-state index contributed by atoms with van der Waals surface area (Å²) in [6.07, 6.45) is 3.54. The minimum absolute atomic E-state index is 0.0558. The van der Waals surface area contributed by atoms with Crippen molar-refractivity contribution in [2.75, 3.05) is 13.1 Å². The van der Waals surface area contributed by atoms with Crippen molar-refractivity contribution in [3.05, 3.63) is 23.3 Å². The third-order valence-electron chi connectivity index (χ3n) is 7.22. The Morgan fingerprint density at radius 2 is 2.17 bits per heavy atom. The summed E-state index contributed by atoms with van der Waals surface area (Å²) in [7, 11) is 0. The average molecular weight is 327 g/mol. The average Bonchev–Trinajstić information content (AvgIpc) is 3.27. The molecule has 24 heavy (non-hydrogen) atoms. The minimum atomic E-state index is -0.924. The second kappa shape index (κ2) is 3.97. The van der Waals surface area contributed by atoms with Gasteiger partial charge in [-0.25, -0.2) is 0 Å². The fraction of sp³-hybridized carbons (Fsp3) is 0.632. The number of benzene rings is 1. The number of hydrogen-bond donors (Lipinski definition) is 2.